The molecule has 2 rings (SSSR count). The minimum Gasteiger partial charge on any atom is -0.338 e. The summed E-state index contributed by atoms with van der Waals surface area (Å²) in [6.45, 7) is 9.37. The molecule has 1 saturated heterocycles. The van der Waals surface area contributed by atoms with Crippen molar-refractivity contribution in [3.8, 4) is 0 Å². The smallest absolute Gasteiger partial charge is 0.225 e. The van der Waals surface area contributed by atoms with Crippen LogP contribution < -0.4 is 10.6 Å². The minimum atomic E-state index is 0.517. The zero-order chi connectivity index (χ0) is 14.4. The molecule has 2 heterocycles. The van der Waals surface area contributed by atoms with Gasteiger partial charge in [0.1, 0.15) is 0 Å². The average molecular weight is 277 g/mol. The van der Waals surface area contributed by atoms with Gasteiger partial charge in [-0.1, -0.05) is 26.7 Å². The molecule has 1 aromatic heterocycles. The predicted octanol–water partition coefficient (Wildman–Crippen LogP) is 1.36. The van der Waals surface area contributed by atoms with Crippen molar-refractivity contribution in [2.24, 2.45) is 11.7 Å². The monoisotopic (exact) mass is 277 g/mol. The first kappa shape index (κ1) is 15.2. The summed E-state index contributed by atoms with van der Waals surface area (Å²) in [6.07, 6.45) is 6.03. The molecule has 0 saturated carbocycles. The Balaban J connectivity index is 1.93. The summed E-state index contributed by atoms with van der Waals surface area (Å²) >= 11 is 0. The summed E-state index contributed by atoms with van der Waals surface area (Å²) < 4.78 is 0. The molecule has 1 unspecified atom stereocenters. The van der Waals surface area contributed by atoms with Crippen LogP contribution in [0.2, 0.25) is 0 Å². The lowest BCUT2D eigenvalue weighted by molar-refractivity contribution is 0.131. The highest BCUT2D eigenvalue weighted by Gasteiger charge is 2.27. The Kier molecular flexibility index (Phi) is 5.73. The Morgan fingerprint density at radius 2 is 1.70 bits per heavy atom. The molecule has 1 atom stereocenters. The normalized spacial score (nSPS) is 18.5. The first-order valence-corrected chi connectivity index (χ1v) is 7.76. The Morgan fingerprint density at radius 1 is 1.10 bits per heavy atom. The van der Waals surface area contributed by atoms with Gasteiger partial charge in [0.05, 0.1) is 0 Å². The zero-order valence-corrected chi connectivity index (χ0v) is 12.7. The first-order chi connectivity index (χ1) is 9.80. The van der Waals surface area contributed by atoms with Crippen molar-refractivity contribution in [3.05, 3.63) is 18.5 Å². The molecule has 20 heavy (non-hydrogen) atoms. The number of piperazine rings is 1. The number of aromatic nitrogens is 2. The maximum atomic E-state index is 6.02. The van der Waals surface area contributed by atoms with Crippen LogP contribution in [0.5, 0.6) is 0 Å². The van der Waals surface area contributed by atoms with Gasteiger partial charge in [-0.25, -0.2) is 9.97 Å². The van der Waals surface area contributed by atoms with Crippen molar-refractivity contribution in [1.29, 1.82) is 0 Å². The van der Waals surface area contributed by atoms with E-state index in [-0.39, 0.29) is 0 Å². The fourth-order valence-corrected chi connectivity index (χ4v) is 3.18. The molecule has 1 aromatic rings. The molecule has 1 aliphatic rings. The van der Waals surface area contributed by atoms with Crippen LogP contribution in [-0.2, 0) is 0 Å². The van der Waals surface area contributed by atoms with Crippen LogP contribution >= 0.6 is 0 Å². The quantitative estimate of drug-likeness (QED) is 0.851. The number of hydrogen-bond acceptors (Lipinski definition) is 5. The van der Waals surface area contributed by atoms with Gasteiger partial charge in [-0.15, -0.1) is 0 Å². The summed E-state index contributed by atoms with van der Waals surface area (Å²) in [7, 11) is 0. The van der Waals surface area contributed by atoms with Crippen LogP contribution in [0, 0.1) is 5.92 Å². The van der Waals surface area contributed by atoms with E-state index in [0.29, 0.717) is 12.0 Å². The van der Waals surface area contributed by atoms with Crippen LogP contribution in [0.4, 0.5) is 5.95 Å². The second-order valence-corrected chi connectivity index (χ2v) is 5.45. The number of anilines is 1. The van der Waals surface area contributed by atoms with E-state index in [2.05, 4.69) is 33.6 Å². The summed E-state index contributed by atoms with van der Waals surface area (Å²) in [5, 5.41) is 0. The molecule has 0 radical (unpaired) electrons. The van der Waals surface area contributed by atoms with E-state index in [9.17, 15) is 0 Å². The van der Waals surface area contributed by atoms with E-state index in [1.807, 2.05) is 18.5 Å². The van der Waals surface area contributed by atoms with Crippen molar-refractivity contribution >= 4 is 5.95 Å². The van der Waals surface area contributed by atoms with Gasteiger partial charge in [0.15, 0.2) is 0 Å². The Bertz CT molecular complexity index is 371. The molecule has 0 aromatic carbocycles. The molecule has 1 fully saturated rings. The largest absolute Gasteiger partial charge is 0.338 e. The lowest BCUT2D eigenvalue weighted by atomic mass is 9.92. The van der Waals surface area contributed by atoms with E-state index >= 15 is 0 Å². The van der Waals surface area contributed by atoms with Crippen molar-refractivity contribution in [2.45, 2.75) is 32.7 Å². The molecule has 2 N–H and O–H groups in total. The third-order valence-corrected chi connectivity index (χ3v) is 4.45. The molecular weight excluding hydrogens is 250 g/mol. The second-order valence-electron chi connectivity index (χ2n) is 5.45. The summed E-state index contributed by atoms with van der Waals surface area (Å²) in [4.78, 5) is 13.5. The van der Waals surface area contributed by atoms with Crippen LogP contribution in [0.1, 0.15) is 26.7 Å². The van der Waals surface area contributed by atoms with Crippen molar-refractivity contribution in [1.82, 2.24) is 14.9 Å². The number of nitrogens with zero attached hydrogens (tertiary/aromatic N) is 4. The van der Waals surface area contributed by atoms with Gasteiger partial charge in [0.25, 0.3) is 0 Å². The highest BCUT2D eigenvalue weighted by molar-refractivity contribution is 5.29. The Morgan fingerprint density at radius 3 is 2.20 bits per heavy atom. The summed E-state index contributed by atoms with van der Waals surface area (Å²) in [5.41, 5.74) is 6.02. The first-order valence-electron chi connectivity index (χ1n) is 7.76. The fourth-order valence-electron chi connectivity index (χ4n) is 3.18. The lowest BCUT2D eigenvalue weighted by Gasteiger charge is -2.41. The zero-order valence-electron chi connectivity index (χ0n) is 12.7. The Hall–Kier alpha value is -1.20. The average Bonchev–Trinajstić information content (AvgIpc) is 2.53. The molecule has 0 bridgehead atoms. The summed E-state index contributed by atoms with van der Waals surface area (Å²) in [6, 6.07) is 2.38. The van der Waals surface area contributed by atoms with E-state index in [1.54, 1.807) is 0 Å². The maximum Gasteiger partial charge on any atom is 0.225 e. The highest BCUT2D eigenvalue weighted by Crippen LogP contribution is 2.20. The van der Waals surface area contributed by atoms with Crippen molar-refractivity contribution in [3.63, 3.8) is 0 Å². The molecule has 0 spiro atoms. The number of hydrogen-bond donors (Lipinski definition) is 1. The molecule has 0 aliphatic carbocycles. The predicted molar refractivity (Wildman–Crippen MR) is 82.7 cm³/mol. The molecule has 1 aliphatic heterocycles. The summed E-state index contributed by atoms with van der Waals surface area (Å²) in [5.74, 6) is 1.55. The SMILES string of the molecule is CCC(CC)C(CN)N1CCN(c2ncccn2)CC1. The molecule has 5 nitrogen and oxygen atoms in total. The second kappa shape index (κ2) is 7.55. The van der Waals surface area contributed by atoms with Crippen molar-refractivity contribution < 1.29 is 0 Å². The van der Waals surface area contributed by atoms with Gasteiger partial charge in [0.2, 0.25) is 5.95 Å². The van der Waals surface area contributed by atoms with E-state index in [0.717, 1.165) is 38.7 Å². The van der Waals surface area contributed by atoms with Gasteiger partial charge in [0, 0.05) is 51.2 Å². The van der Waals surface area contributed by atoms with Gasteiger partial charge in [-0.2, -0.15) is 0 Å². The molecule has 112 valence electrons. The molecule has 0 amide bonds. The van der Waals surface area contributed by atoms with Crippen LogP contribution in [0.25, 0.3) is 0 Å². The van der Waals surface area contributed by atoms with Gasteiger partial charge in [-0.05, 0) is 12.0 Å². The van der Waals surface area contributed by atoms with Gasteiger partial charge < -0.3 is 10.6 Å². The van der Waals surface area contributed by atoms with Crippen LogP contribution in [-0.4, -0.2) is 53.6 Å². The molecule has 5 heteroatoms. The van der Waals surface area contributed by atoms with Crippen LogP contribution in [0.15, 0.2) is 18.5 Å². The third kappa shape index (κ3) is 3.46. The number of rotatable bonds is 6. The fraction of sp³-hybridized carbons (Fsp3) is 0.733. The maximum absolute atomic E-state index is 6.02. The molecular formula is C15H27N5. The minimum absolute atomic E-state index is 0.517. The number of nitrogens with two attached hydrogens (primary N) is 1. The van der Waals surface area contributed by atoms with E-state index in [1.165, 1.54) is 12.8 Å². The topological polar surface area (TPSA) is 58.3 Å². The van der Waals surface area contributed by atoms with E-state index in [4.69, 9.17) is 5.73 Å². The lowest BCUT2D eigenvalue weighted by Crippen LogP contribution is -2.54. The van der Waals surface area contributed by atoms with Gasteiger partial charge in [-0.3, -0.25) is 4.90 Å². The van der Waals surface area contributed by atoms with Crippen molar-refractivity contribution in [2.75, 3.05) is 37.6 Å². The van der Waals surface area contributed by atoms with Crippen LogP contribution in [0.3, 0.4) is 0 Å². The van der Waals surface area contributed by atoms with Gasteiger partial charge >= 0.3 is 0 Å². The van der Waals surface area contributed by atoms with E-state index < -0.39 is 0 Å². The highest BCUT2D eigenvalue weighted by atomic mass is 15.3. The third-order valence-electron chi connectivity index (χ3n) is 4.45. The standard InChI is InChI=1S/C15H27N5/c1-3-13(4-2)14(12-16)19-8-10-20(11-9-19)15-17-6-5-7-18-15/h5-7,13-14H,3-4,8-12,16H2,1-2H3. The Labute approximate surface area is 122 Å².